The van der Waals surface area contributed by atoms with E-state index in [0.29, 0.717) is 0 Å². The molecule has 4 N–H and O–H groups in total. The number of rotatable bonds is 2. The van der Waals surface area contributed by atoms with Crippen molar-refractivity contribution in [3.05, 3.63) is 12.7 Å². The van der Waals surface area contributed by atoms with E-state index in [1.54, 1.807) is 6.08 Å². The molecule has 0 aromatic rings. The lowest BCUT2D eigenvalue weighted by atomic mass is 10.3. The van der Waals surface area contributed by atoms with Crippen molar-refractivity contribution in [1.29, 1.82) is 0 Å². The molecule has 44 valence electrons. The molecule has 0 aromatic heterocycles. The molecule has 0 amide bonds. The Morgan fingerprint density at radius 2 is 2.29 bits per heavy atom. The lowest BCUT2D eigenvalue weighted by Crippen LogP contribution is -3.00. The normalized spacial score (nSPS) is 11.7. The molecule has 0 spiro atoms. The lowest BCUT2D eigenvalue weighted by Gasteiger charge is -1.90. The van der Waals surface area contributed by atoms with Gasteiger partial charge in [-0.05, 0) is 6.08 Å². The summed E-state index contributed by atoms with van der Waals surface area (Å²) in [5.41, 5.74) is 3.51. The molecule has 3 heteroatoms. The molecular formula is C4H10ClNO. The Kier molecular flexibility index (Phi) is 8.54. The van der Waals surface area contributed by atoms with Gasteiger partial charge in [0.2, 0.25) is 0 Å². The van der Waals surface area contributed by atoms with Gasteiger partial charge in [0.25, 0.3) is 0 Å². The highest BCUT2D eigenvalue weighted by molar-refractivity contribution is 4.74. The van der Waals surface area contributed by atoms with E-state index in [9.17, 15) is 0 Å². The highest BCUT2D eigenvalue weighted by Crippen LogP contribution is 1.66. The van der Waals surface area contributed by atoms with Gasteiger partial charge in [0, 0.05) is 0 Å². The summed E-state index contributed by atoms with van der Waals surface area (Å²) in [6.45, 7) is 3.51. The molecule has 1 atom stereocenters. The molecule has 0 saturated heterocycles. The van der Waals surface area contributed by atoms with Crippen molar-refractivity contribution in [1.82, 2.24) is 0 Å². The molecule has 0 heterocycles. The first-order chi connectivity index (χ1) is 2.81. The van der Waals surface area contributed by atoms with Crippen molar-refractivity contribution < 1.29 is 23.2 Å². The summed E-state index contributed by atoms with van der Waals surface area (Å²) in [6, 6.07) is 0.00463. The Hall–Kier alpha value is -0.0500. The Balaban J connectivity index is 0. The molecule has 0 radical (unpaired) electrons. The van der Waals surface area contributed by atoms with Crippen LogP contribution in [0.2, 0.25) is 0 Å². The average Bonchev–Trinajstić information content (AvgIpc) is 1.65. The van der Waals surface area contributed by atoms with Gasteiger partial charge in [-0.15, -0.1) is 0 Å². The third-order valence-corrected chi connectivity index (χ3v) is 0.568. The van der Waals surface area contributed by atoms with Crippen molar-refractivity contribution >= 4 is 0 Å². The van der Waals surface area contributed by atoms with E-state index in [1.165, 1.54) is 0 Å². The smallest absolute Gasteiger partial charge is 0.126 e. The molecule has 0 bridgehead atoms. The standard InChI is InChI=1S/C4H9NO.ClH/c1-2-4(5)3-6;/h2,4,6H,1,3,5H2;1H/t4-;/m1./s1. The third kappa shape index (κ3) is 5.95. The van der Waals surface area contributed by atoms with Crippen LogP contribution in [-0.4, -0.2) is 17.8 Å². The highest BCUT2D eigenvalue weighted by atomic mass is 35.5. The first-order valence-electron chi connectivity index (χ1n) is 1.87. The summed E-state index contributed by atoms with van der Waals surface area (Å²) < 4.78 is 0. The van der Waals surface area contributed by atoms with Crippen molar-refractivity contribution in [2.75, 3.05) is 6.61 Å². The van der Waals surface area contributed by atoms with Gasteiger partial charge in [0.1, 0.15) is 6.04 Å². The Morgan fingerprint density at radius 3 is 2.29 bits per heavy atom. The molecule has 0 aromatic carbocycles. The van der Waals surface area contributed by atoms with Gasteiger partial charge in [0.15, 0.2) is 0 Å². The summed E-state index contributed by atoms with van der Waals surface area (Å²) >= 11 is 0. The maximum absolute atomic E-state index is 8.20. The zero-order valence-corrected chi connectivity index (χ0v) is 4.86. The molecule has 0 aliphatic rings. The molecule has 0 unspecified atom stereocenters. The Labute approximate surface area is 49.4 Å². The first kappa shape index (κ1) is 10.0. The minimum absolute atomic E-state index is 0. The molecule has 0 aliphatic heterocycles. The topological polar surface area (TPSA) is 47.9 Å². The fourth-order valence-corrected chi connectivity index (χ4v) is 0.0745. The molecule has 2 nitrogen and oxygen atoms in total. The van der Waals surface area contributed by atoms with Crippen molar-refractivity contribution in [3.63, 3.8) is 0 Å². The van der Waals surface area contributed by atoms with E-state index in [2.05, 4.69) is 12.3 Å². The molecule has 0 fully saturated rings. The van der Waals surface area contributed by atoms with Crippen LogP contribution in [0.4, 0.5) is 0 Å². The minimum atomic E-state index is 0. The van der Waals surface area contributed by atoms with Gasteiger partial charge >= 0.3 is 0 Å². The highest BCUT2D eigenvalue weighted by Gasteiger charge is 1.90. The van der Waals surface area contributed by atoms with Gasteiger partial charge < -0.3 is 23.2 Å². The van der Waals surface area contributed by atoms with E-state index in [4.69, 9.17) is 5.11 Å². The van der Waals surface area contributed by atoms with E-state index >= 15 is 0 Å². The maximum atomic E-state index is 8.20. The van der Waals surface area contributed by atoms with Crippen LogP contribution in [0.25, 0.3) is 0 Å². The monoisotopic (exact) mass is 123 g/mol. The fraction of sp³-hybridized carbons (Fsp3) is 0.500. The second-order valence-corrected chi connectivity index (χ2v) is 1.18. The summed E-state index contributed by atoms with van der Waals surface area (Å²) in [5.74, 6) is 0. The third-order valence-electron chi connectivity index (χ3n) is 0.568. The molecule has 0 aliphatic carbocycles. The predicted molar refractivity (Wildman–Crippen MR) is 24.0 cm³/mol. The Bertz CT molecular complexity index is 49.0. The van der Waals surface area contributed by atoms with Crippen LogP contribution in [0.5, 0.6) is 0 Å². The summed E-state index contributed by atoms with van der Waals surface area (Å²) in [4.78, 5) is 0. The van der Waals surface area contributed by atoms with Gasteiger partial charge in [-0.1, -0.05) is 6.58 Å². The van der Waals surface area contributed by atoms with Crippen LogP contribution < -0.4 is 18.1 Å². The summed E-state index contributed by atoms with van der Waals surface area (Å²) in [7, 11) is 0. The number of hydrogen-bond acceptors (Lipinski definition) is 1. The van der Waals surface area contributed by atoms with Gasteiger partial charge in [-0.3, -0.25) is 0 Å². The van der Waals surface area contributed by atoms with E-state index < -0.39 is 0 Å². The number of halogens is 1. The van der Waals surface area contributed by atoms with Crippen LogP contribution in [0.3, 0.4) is 0 Å². The van der Waals surface area contributed by atoms with Crippen LogP contribution in [-0.2, 0) is 0 Å². The fourth-order valence-electron chi connectivity index (χ4n) is 0.0745. The zero-order valence-electron chi connectivity index (χ0n) is 4.10. The SMILES string of the molecule is C=C[C@@H]([NH3+])CO.[Cl-]. The molecule has 0 saturated carbocycles. The van der Waals surface area contributed by atoms with E-state index in [-0.39, 0.29) is 25.1 Å². The molecule has 0 rings (SSSR count). The van der Waals surface area contributed by atoms with Crippen molar-refractivity contribution in [3.8, 4) is 0 Å². The minimum Gasteiger partial charge on any atom is -1.00 e. The average molecular weight is 124 g/mol. The molecule has 7 heavy (non-hydrogen) atoms. The molecular weight excluding hydrogens is 114 g/mol. The van der Waals surface area contributed by atoms with Gasteiger partial charge in [-0.2, -0.15) is 0 Å². The lowest BCUT2D eigenvalue weighted by molar-refractivity contribution is -0.408. The van der Waals surface area contributed by atoms with Crippen LogP contribution in [0.15, 0.2) is 12.7 Å². The van der Waals surface area contributed by atoms with Crippen LogP contribution in [0, 0.1) is 0 Å². The largest absolute Gasteiger partial charge is 1.00 e. The summed E-state index contributed by atoms with van der Waals surface area (Å²) in [5, 5.41) is 8.20. The van der Waals surface area contributed by atoms with Gasteiger partial charge in [0.05, 0.1) is 6.61 Å². The maximum Gasteiger partial charge on any atom is 0.126 e. The van der Waals surface area contributed by atoms with Crippen molar-refractivity contribution in [2.24, 2.45) is 0 Å². The van der Waals surface area contributed by atoms with E-state index in [1.807, 2.05) is 0 Å². The van der Waals surface area contributed by atoms with Crippen molar-refractivity contribution in [2.45, 2.75) is 6.04 Å². The number of aliphatic hydroxyl groups excluding tert-OH is 1. The second kappa shape index (κ2) is 5.95. The number of aliphatic hydroxyl groups is 1. The summed E-state index contributed by atoms with van der Waals surface area (Å²) in [6.07, 6.45) is 1.61. The van der Waals surface area contributed by atoms with Crippen LogP contribution in [0.1, 0.15) is 0 Å². The second-order valence-electron chi connectivity index (χ2n) is 1.18. The quantitative estimate of drug-likeness (QED) is 0.360. The van der Waals surface area contributed by atoms with Gasteiger partial charge in [-0.25, -0.2) is 0 Å². The zero-order chi connectivity index (χ0) is 4.99. The number of quaternary nitrogens is 1. The van der Waals surface area contributed by atoms with Crippen LogP contribution >= 0.6 is 0 Å². The first-order valence-corrected chi connectivity index (χ1v) is 1.87. The number of hydrogen-bond donors (Lipinski definition) is 2. The predicted octanol–water partition coefficient (Wildman–Crippen LogP) is -4.22. The Morgan fingerprint density at radius 1 is 1.86 bits per heavy atom. The van der Waals surface area contributed by atoms with E-state index in [0.717, 1.165) is 0 Å².